The highest BCUT2D eigenvalue weighted by Gasteiger charge is 2.31. The Hall–Kier alpha value is -2.09. The van der Waals surface area contributed by atoms with Crippen molar-refractivity contribution in [1.82, 2.24) is 4.31 Å². The second kappa shape index (κ2) is 7.65. The Morgan fingerprint density at radius 1 is 1.08 bits per heavy atom. The number of ether oxygens (including phenoxy) is 1. The molecule has 0 atom stereocenters. The Labute approximate surface area is 157 Å². The average Bonchev–Trinajstić information content (AvgIpc) is 2.64. The quantitative estimate of drug-likeness (QED) is 0.835. The van der Waals surface area contributed by atoms with Gasteiger partial charge in [0, 0.05) is 13.1 Å². The third-order valence-electron chi connectivity index (χ3n) is 4.33. The normalized spacial score (nSPS) is 16.3. The lowest BCUT2D eigenvalue weighted by molar-refractivity contribution is -0.142. The fourth-order valence-electron chi connectivity index (χ4n) is 2.83. The molecule has 1 fully saturated rings. The predicted octanol–water partition coefficient (Wildman–Crippen LogP) is 3.62. The fourth-order valence-corrected chi connectivity index (χ4v) is 4.47. The monoisotopic (exact) mass is 395 g/mol. The van der Waals surface area contributed by atoms with E-state index in [1.807, 2.05) is 0 Å². The zero-order chi connectivity index (χ0) is 18.7. The van der Waals surface area contributed by atoms with Gasteiger partial charge in [0.05, 0.1) is 15.8 Å². The molecule has 0 spiro atoms. The van der Waals surface area contributed by atoms with Gasteiger partial charge in [-0.1, -0.05) is 23.7 Å². The zero-order valence-electron chi connectivity index (χ0n) is 13.8. The first kappa shape index (κ1) is 18.7. The topological polar surface area (TPSA) is 83.9 Å². The van der Waals surface area contributed by atoms with Gasteiger partial charge in [0.1, 0.15) is 11.5 Å². The van der Waals surface area contributed by atoms with Crippen LogP contribution in [0.25, 0.3) is 0 Å². The molecule has 0 unspecified atom stereocenters. The molecule has 1 N–H and O–H groups in total. The Morgan fingerprint density at radius 2 is 1.69 bits per heavy atom. The van der Waals surface area contributed by atoms with Crippen molar-refractivity contribution < 1.29 is 23.1 Å². The van der Waals surface area contributed by atoms with E-state index in [1.54, 1.807) is 36.4 Å². The molecule has 1 aliphatic heterocycles. The van der Waals surface area contributed by atoms with Crippen molar-refractivity contribution in [2.24, 2.45) is 5.92 Å². The number of hydrogen-bond donors (Lipinski definition) is 1. The summed E-state index contributed by atoms with van der Waals surface area (Å²) < 4.78 is 32.4. The molecule has 1 saturated heterocycles. The summed E-state index contributed by atoms with van der Waals surface area (Å²) in [5.74, 6) is -0.391. The summed E-state index contributed by atoms with van der Waals surface area (Å²) in [4.78, 5) is 11.2. The van der Waals surface area contributed by atoms with Crippen LogP contribution in [-0.2, 0) is 14.8 Å². The summed E-state index contributed by atoms with van der Waals surface area (Å²) in [6.45, 7) is 0.411. The van der Waals surface area contributed by atoms with Crippen LogP contribution in [0.1, 0.15) is 12.8 Å². The van der Waals surface area contributed by atoms with E-state index in [0.717, 1.165) is 0 Å². The summed E-state index contributed by atoms with van der Waals surface area (Å²) >= 11 is 6.04. The molecule has 0 bridgehead atoms. The van der Waals surface area contributed by atoms with Crippen LogP contribution in [0.3, 0.4) is 0 Å². The highest BCUT2D eigenvalue weighted by atomic mass is 35.5. The Balaban J connectivity index is 1.71. The largest absolute Gasteiger partial charge is 0.481 e. The van der Waals surface area contributed by atoms with Gasteiger partial charge in [0.25, 0.3) is 0 Å². The molecule has 2 aromatic carbocycles. The minimum atomic E-state index is -3.65. The number of benzene rings is 2. The van der Waals surface area contributed by atoms with Crippen molar-refractivity contribution >= 4 is 27.6 Å². The molecule has 0 radical (unpaired) electrons. The maximum atomic E-state index is 12.7. The third kappa shape index (κ3) is 4.00. The Morgan fingerprint density at radius 3 is 2.27 bits per heavy atom. The number of sulfonamides is 1. The van der Waals surface area contributed by atoms with Crippen LogP contribution in [0.15, 0.2) is 53.4 Å². The molecule has 6 nitrogen and oxygen atoms in total. The number of aliphatic carboxylic acids is 1. The van der Waals surface area contributed by atoms with E-state index < -0.39 is 21.9 Å². The number of rotatable bonds is 5. The molecule has 3 rings (SSSR count). The lowest BCUT2D eigenvalue weighted by atomic mass is 9.99. The first-order chi connectivity index (χ1) is 12.4. The van der Waals surface area contributed by atoms with Gasteiger partial charge in [0.15, 0.2) is 0 Å². The van der Waals surface area contributed by atoms with Gasteiger partial charge in [-0.2, -0.15) is 4.31 Å². The zero-order valence-corrected chi connectivity index (χ0v) is 15.4. The maximum Gasteiger partial charge on any atom is 0.306 e. The van der Waals surface area contributed by atoms with Crippen LogP contribution >= 0.6 is 11.6 Å². The van der Waals surface area contributed by atoms with Crippen molar-refractivity contribution in [3.8, 4) is 11.5 Å². The van der Waals surface area contributed by atoms with Crippen LogP contribution in [0.4, 0.5) is 0 Å². The summed E-state index contributed by atoms with van der Waals surface area (Å²) in [5.41, 5.74) is 0. The molecule has 8 heteroatoms. The minimum Gasteiger partial charge on any atom is -0.481 e. The van der Waals surface area contributed by atoms with Crippen LogP contribution < -0.4 is 4.74 Å². The molecule has 0 saturated carbocycles. The molecular formula is C18H18ClNO5S. The standard InChI is InChI=1S/C18H18ClNO5S/c19-16-3-1-2-4-17(16)25-14-5-7-15(8-6-14)26(23,24)20-11-9-13(10-12-20)18(21)22/h1-8,13H,9-12H2,(H,21,22). The molecule has 2 aromatic rings. The number of piperidine rings is 1. The lowest BCUT2D eigenvalue weighted by Gasteiger charge is -2.29. The second-order valence-electron chi connectivity index (χ2n) is 6.02. The van der Waals surface area contributed by atoms with Gasteiger partial charge < -0.3 is 9.84 Å². The molecule has 1 aliphatic rings. The third-order valence-corrected chi connectivity index (χ3v) is 6.55. The van der Waals surface area contributed by atoms with Crippen molar-refractivity contribution in [3.63, 3.8) is 0 Å². The Bertz CT molecular complexity index is 890. The number of carboxylic acid groups (broad SMARTS) is 1. The van der Waals surface area contributed by atoms with E-state index >= 15 is 0 Å². The van der Waals surface area contributed by atoms with Gasteiger partial charge in [-0.05, 0) is 49.2 Å². The number of hydrogen-bond acceptors (Lipinski definition) is 4. The van der Waals surface area contributed by atoms with Gasteiger partial charge in [-0.15, -0.1) is 0 Å². The van der Waals surface area contributed by atoms with Crippen molar-refractivity contribution in [2.75, 3.05) is 13.1 Å². The molecule has 0 aromatic heterocycles. The molecule has 26 heavy (non-hydrogen) atoms. The summed E-state index contributed by atoms with van der Waals surface area (Å²) in [6.07, 6.45) is 0.643. The van der Waals surface area contributed by atoms with E-state index in [1.165, 1.54) is 16.4 Å². The maximum absolute atomic E-state index is 12.7. The van der Waals surface area contributed by atoms with Crippen molar-refractivity contribution in [2.45, 2.75) is 17.7 Å². The van der Waals surface area contributed by atoms with E-state index in [2.05, 4.69) is 0 Å². The number of nitrogens with zero attached hydrogens (tertiary/aromatic N) is 1. The van der Waals surface area contributed by atoms with Gasteiger partial charge in [-0.25, -0.2) is 8.42 Å². The van der Waals surface area contributed by atoms with E-state index in [9.17, 15) is 13.2 Å². The highest BCUT2D eigenvalue weighted by Crippen LogP contribution is 2.30. The van der Waals surface area contributed by atoms with Gasteiger partial charge >= 0.3 is 5.97 Å². The summed E-state index contributed by atoms with van der Waals surface area (Å²) in [7, 11) is -3.65. The molecular weight excluding hydrogens is 378 g/mol. The number of para-hydroxylation sites is 1. The number of carboxylic acids is 1. The summed E-state index contributed by atoms with van der Waals surface area (Å²) in [5, 5.41) is 9.49. The van der Waals surface area contributed by atoms with Crippen molar-refractivity contribution in [1.29, 1.82) is 0 Å². The first-order valence-electron chi connectivity index (χ1n) is 8.13. The van der Waals surface area contributed by atoms with Crippen LogP contribution in [0, 0.1) is 5.92 Å². The van der Waals surface area contributed by atoms with Crippen LogP contribution in [-0.4, -0.2) is 36.9 Å². The molecule has 138 valence electrons. The Kier molecular flexibility index (Phi) is 5.50. The number of carbonyl (C=O) groups is 1. The highest BCUT2D eigenvalue weighted by molar-refractivity contribution is 7.89. The smallest absolute Gasteiger partial charge is 0.306 e. The SMILES string of the molecule is O=C(O)C1CCN(S(=O)(=O)c2ccc(Oc3ccccc3Cl)cc2)CC1. The molecule has 0 amide bonds. The van der Waals surface area contributed by atoms with Crippen LogP contribution in [0.2, 0.25) is 5.02 Å². The predicted molar refractivity (Wildman–Crippen MR) is 97.1 cm³/mol. The van der Waals surface area contributed by atoms with E-state index in [-0.39, 0.29) is 18.0 Å². The van der Waals surface area contributed by atoms with Gasteiger partial charge in [0.2, 0.25) is 10.0 Å². The van der Waals surface area contributed by atoms with E-state index in [4.69, 9.17) is 21.4 Å². The first-order valence-corrected chi connectivity index (χ1v) is 9.95. The van der Waals surface area contributed by atoms with Gasteiger partial charge in [-0.3, -0.25) is 4.79 Å². The molecule has 0 aliphatic carbocycles. The van der Waals surface area contributed by atoms with E-state index in [0.29, 0.717) is 29.4 Å². The average molecular weight is 396 g/mol. The lowest BCUT2D eigenvalue weighted by Crippen LogP contribution is -2.40. The second-order valence-corrected chi connectivity index (χ2v) is 8.37. The molecule has 1 heterocycles. The summed E-state index contributed by atoms with van der Waals surface area (Å²) in [6, 6.07) is 13.1. The van der Waals surface area contributed by atoms with Crippen molar-refractivity contribution in [3.05, 3.63) is 53.6 Å². The minimum absolute atomic E-state index is 0.151. The van der Waals surface area contributed by atoms with Crippen LogP contribution in [0.5, 0.6) is 11.5 Å². The number of halogens is 1. The fraction of sp³-hybridized carbons (Fsp3) is 0.278.